The van der Waals surface area contributed by atoms with Crippen LogP contribution in [-0.2, 0) is 48.6 Å². The Labute approximate surface area is 322 Å². The second kappa shape index (κ2) is 18.6. The highest BCUT2D eigenvalue weighted by Crippen LogP contribution is 2.30. The second-order valence-electron chi connectivity index (χ2n) is 14.8. The molecule has 55 heavy (non-hydrogen) atoms. The molecule has 3 aliphatic rings. The number of fused-ring (bicyclic) bond motifs is 17. The third kappa shape index (κ3) is 12.0. The van der Waals surface area contributed by atoms with Crippen molar-refractivity contribution in [3.05, 3.63) is 72.1 Å². The summed E-state index contributed by atoms with van der Waals surface area (Å²) in [6.07, 6.45) is 5.05. The van der Waals surface area contributed by atoms with E-state index < -0.39 is 45.9 Å². The van der Waals surface area contributed by atoms with Crippen molar-refractivity contribution in [2.24, 2.45) is 11.8 Å². The number of benzene rings is 2. The number of carbonyl (C=O) groups excluding carboxylic acids is 4. The van der Waals surface area contributed by atoms with Gasteiger partial charge in [-0.15, -0.1) is 0 Å². The number of methoxy groups -OCH3 is 1. The molecule has 1 aliphatic carbocycles. The molecule has 0 spiro atoms. The van der Waals surface area contributed by atoms with Crippen LogP contribution in [0, 0.1) is 11.8 Å². The average molecular weight is 780 g/mol. The number of aryl methyl sites for hydroxylation is 1. The van der Waals surface area contributed by atoms with Crippen LogP contribution < -0.4 is 30.1 Å². The fraction of sp³-hybridized carbons (Fsp3) is 0.513. The molecule has 15 nitrogen and oxygen atoms in total. The molecule has 1 aromatic heterocycles. The summed E-state index contributed by atoms with van der Waals surface area (Å²) >= 11 is 0. The molecule has 0 unspecified atom stereocenters. The number of ether oxygens (including phenoxy) is 2. The summed E-state index contributed by atoms with van der Waals surface area (Å²) in [5, 5.41) is 12.7. The van der Waals surface area contributed by atoms with Crippen LogP contribution in [0.3, 0.4) is 0 Å². The molecule has 3 aromatic rings. The van der Waals surface area contributed by atoms with Crippen molar-refractivity contribution in [3.8, 4) is 11.5 Å². The number of nitrogens with one attached hydrogen (secondary N) is 4. The van der Waals surface area contributed by atoms with Crippen LogP contribution in [0.25, 0.3) is 0 Å². The lowest BCUT2D eigenvalue weighted by atomic mass is 10.0. The van der Waals surface area contributed by atoms with E-state index in [4.69, 9.17) is 9.47 Å². The third-order valence-corrected chi connectivity index (χ3v) is 11.0. The minimum Gasteiger partial charge on any atom is -0.497 e. The molecule has 4 amide bonds. The van der Waals surface area contributed by atoms with Gasteiger partial charge in [0.25, 0.3) is 0 Å². The van der Waals surface area contributed by atoms with Gasteiger partial charge in [-0.25, -0.2) is 8.42 Å². The van der Waals surface area contributed by atoms with E-state index >= 15 is 0 Å². The van der Waals surface area contributed by atoms with E-state index in [9.17, 15) is 27.6 Å². The van der Waals surface area contributed by atoms with E-state index in [1.54, 1.807) is 55.5 Å². The average Bonchev–Trinajstić information content (AvgIpc) is 3.83. The first-order valence-electron chi connectivity index (χ1n) is 18.8. The molecule has 0 radical (unpaired) electrons. The zero-order chi connectivity index (χ0) is 39.7. The van der Waals surface area contributed by atoms with E-state index in [2.05, 4.69) is 25.8 Å². The Kier molecular flexibility index (Phi) is 13.9. The standard InChI is InChI=1S/C39H53N7O8S/c1-6-46-22-33(20-40-46)55(51,52)44-35-19-28-11-15-32(16-12-28)54-24-30(17-25(2)3)42-36(47)23-45(21-29-7-8-29)39(50)26(4)41-37(48)34(43-38(35)49)18-27-9-13-31(53-5)14-10-27/h9-16,20,22,25-26,29-30,34-35,44H,6-8,17-19,21,23-24H2,1-5H3,(H,41,48)(H,42,47)(H,43,49)/t26-,30+,34+,35+/m1/s1. The topological polar surface area (TPSA) is 190 Å². The SMILES string of the molecule is CCn1cc(S(=O)(=O)N[C@H]2Cc3ccc(cc3)OC[C@H](CC(C)C)NC(=O)CN(CC3CC3)C(=O)[C@@H](C)NC(=O)[C@H](Cc3ccc(OC)cc3)NC2=O)cn1. The van der Waals surface area contributed by atoms with E-state index in [0.29, 0.717) is 42.1 Å². The van der Waals surface area contributed by atoms with Gasteiger partial charge in [-0.2, -0.15) is 9.82 Å². The Morgan fingerprint density at radius 1 is 0.982 bits per heavy atom. The number of hydrogen-bond donors (Lipinski definition) is 4. The summed E-state index contributed by atoms with van der Waals surface area (Å²) in [5.74, 6) is -0.541. The Morgan fingerprint density at radius 3 is 2.31 bits per heavy atom. The maximum absolute atomic E-state index is 14.2. The molecule has 2 aliphatic heterocycles. The lowest BCUT2D eigenvalue weighted by Crippen LogP contribution is -2.58. The van der Waals surface area contributed by atoms with Crippen LogP contribution in [0.5, 0.6) is 11.5 Å². The summed E-state index contributed by atoms with van der Waals surface area (Å²) in [6.45, 7) is 8.26. The number of amides is 4. The van der Waals surface area contributed by atoms with Crippen molar-refractivity contribution in [2.45, 2.75) is 95.4 Å². The summed E-state index contributed by atoms with van der Waals surface area (Å²) in [4.78, 5) is 56.9. The fourth-order valence-electron chi connectivity index (χ4n) is 6.41. The Balaban J connectivity index is 1.50. The number of rotatable bonds is 11. The maximum atomic E-state index is 14.2. The Hall–Kier alpha value is -4.96. The number of aromatic nitrogens is 2. The maximum Gasteiger partial charge on any atom is 0.245 e. The van der Waals surface area contributed by atoms with Gasteiger partial charge in [-0.1, -0.05) is 38.1 Å². The third-order valence-electron chi connectivity index (χ3n) is 9.58. The van der Waals surface area contributed by atoms with Gasteiger partial charge in [0.15, 0.2) is 0 Å². The molecule has 4 N–H and O–H groups in total. The van der Waals surface area contributed by atoms with E-state index in [-0.39, 0.29) is 54.7 Å². The van der Waals surface area contributed by atoms with Crippen LogP contribution >= 0.6 is 0 Å². The first-order valence-corrected chi connectivity index (χ1v) is 20.3. The van der Waals surface area contributed by atoms with Crippen LogP contribution in [0.2, 0.25) is 0 Å². The van der Waals surface area contributed by atoms with Crippen molar-refractivity contribution in [1.82, 2.24) is 35.4 Å². The van der Waals surface area contributed by atoms with Gasteiger partial charge < -0.3 is 30.3 Å². The predicted octanol–water partition coefficient (Wildman–Crippen LogP) is 2.20. The van der Waals surface area contributed by atoms with Crippen molar-refractivity contribution < 1.29 is 37.1 Å². The zero-order valence-electron chi connectivity index (χ0n) is 32.1. The number of hydrogen-bond acceptors (Lipinski definition) is 9. The number of nitrogens with zero attached hydrogens (tertiary/aromatic N) is 3. The molecule has 2 bridgehead atoms. The summed E-state index contributed by atoms with van der Waals surface area (Å²) in [5.41, 5.74) is 1.30. The van der Waals surface area contributed by atoms with Gasteiger partial charge in [-0.3, -0.25) is 23.9 Å². The normalized spacial score (nSPS) is 22.1. The minimum absolute atomic E-state index is 0.0166. The van der Waals surface area contributed by atoms with Crippen molar-refractivity contribution in [1.29, 1.82) is 0 Å². The largest absolute Gasteiger partial charge is 0.497 e. The van der Waals surface area contributed by atoms with Crippen LogP contribution in [0.4, 0.5) is 0 Å². The van der Waals surface area contributed by atoms with Crippen LogP contribution in [-0.4, -0.2) is 97.7 Å². The monoisotopic (exact) mass is 779 g/mol. The van der Waals surface area contributed by atoms with Gasteiger partial charge >= 0.3 is 0 Å². The Morgan fingerprint density at radius 2 is 1.69 bits per heavy atom. The van der Waals surface area contributed by atoms with Gasteiger partial charge in [0.1, 0.15) is 41.1 Å². The predicted molar refractivity (Wildman–Crippen MR) is 205 cm³/mol. The van der Waals surface area contributed by atoms with Crippen LogP contribution in [0.15, 0.2) is 65.8 Å². The highest BCUT2D eigenvalue weighted by atomic mass is 32.2. The van der Waals surface area contributed by atoms with Crippen molar-refractivity contribution >= 4 is 33.7 Å². The second-order valence-corrected chi connectivity index (χ2v) is 16.5. The molecule has 2 aromatic carbocycles. The molecule has 3 heterocycles. The van der Waals surface area contributed by atoms with Crippen molar-refractivity contribution in [2.75, 3.05) is 26.8 Å². The van der Waals surface area contributed by atoms with Gasteiger partial charge in [0.05, 0.1) is 25.9 Å². The number of sulfonamides is 1. The molecule has 0 saturated heterocycles. The van der Waals surface area contributed by atoms with Crippen molar-refractivity contribution in [3.63, 3.8) is 0 Å². The molecule has 4 atom stereocenters. The van der Waals surface area contributed by atoms with E-state index in [0.717, 1.165) is 12.8 Å². The van der Waals surface area contributed by atoms with Gasteiger partial charge in [-0.05, 0) is 86.8 Å². The zero-order valence-corrected chi connectivity index (χ0v) is 32.9. The fourth-order valence-corrected chi connectivity index (χ4v) is 7.56. The summed E-state index contributed by atoms with van der Waals surface area (Å²) < 4.78 is 42.6. The van der Waals surface area contributed by atoms with Gasteiger partial charge in [0, 0.05) is 25.7 Å². The minimum atomic E-state index is -4.24. The summed E-state index contributed by atoms with van der Waals surface area (Å²) in [7, 11) is -2.70. The highest BCUT2D eigenvalue weighted by molar-refractivity contribution is 7.89. The highest BCUT2D eigenvalue weighted by Gasteiger charge is 2.34. The lowest BCUT2D eigenvalue weighted by Gasteiger charge is -2.29. The van der Waals surface area contributed by atoms with Gasteiger partial charge in [0.2, 0.25) is 33.7 Å². The van der Waals surface area contributed by atoms with Crippen LogP contribution in [0.1, 0.15) is 58.1 Å². The number of carbonyl (C=O) groups is 4. The van der Waals surface area contributed by atoms with E-state index in [1.165, 1.54) is 29.1 Å². The quantitative estimate of drug-likeness (QED) is 0.212. The molecule has 16 heteroatoms. The summed E-state index contributed by atoms with van der Waals surface area (Å²) in [6, 6.07) is 9.90. The first-order chi connectivity index (χ1) is 26.2. The first kappa shape index (κ1) is 41.2. The molecule has 298 valence electrons. The smallest absolute Gasteiger partial charge is 0.245 e. The molecule has 1 saturated carbocycles. The Bertz CT molecular complexity index is 1890. The lowest BCUT2D eigenvalue weighted by molar-refractivity contribution is -0.140. The molecule has 1 fully saturated rings. The molecular formula is C39H53N7O8S. The molecular weight excluding hydrogens is 727 g/mol. The van der Waals surface area contributed by atoms with E-state index in [1.807, 2.05) is 20.8 Å². The molecule has 6 rings (SSSR count).